The largest absolute Gasteiger partial charge is 0.796 e. The van der Waals surface area contributed by atoms with E-state index in [2.05, 4.69) is 0 Å². The summed E-state index contributed by atoms with van der Waals surface area (Å²) in [5.41, 5.74) is 5.61. The first-order valence-electron chi connectivity index (χ1n) is 4.83. The number of hydrogen-bond donors (Lipinski definition) is 1. The lowest BCUT2D eigenvalue weighted by Crippen LogP contribution is -2.12. The van der Waals surface area contributed by atoms with Crippen LogP contribution in [0.4, 0.5) is 0 Å². The molecule has 76 valence electrons. The quantitative estimate of drug-likeness (QED) is 0.701. The molecule has 2 unspecified atom stereocenters. The van der Waals surface area contributed by atoms with Crippen LogP contribution >= 0.6 is 7.37 Å². The second-order valence-corrected chi connectivity index (χ2v) is 5.98. The van der Waals surface area contributed by atoms with Crippen LogP contribution < -0.4 is 10.6 Å². The van der Waals surface area contributed by atoms with Gasteiger partial charge in [-0.05, 0) is 30.7 Å². The molecule has 0 fully saturated rings. The molecule has 0 spiro atoms. The van der Waals surface area contributed by atoms with Gasteiger partial charge in [0.15, 0.2) is 0 Å². The van der Waals surface area contributed by atoms with E-state index in [-0.39, 0.29) is 6.04 Å². The third-order valence-corrected chi connectivity index (χ3v) is 4.54. The Morgan fingerprint density at radius 1 is 1.77 bits per heavy atom. The maximum Gasteiger partial charge on any atom is 0.0391 e. The third kappa shape index (κ3) is 2.94. The van der Waals surface area contributed by atoms with Gasteiger partial charge in [0.05, 0.1) is 0 Å². The molecule has 1 aliphatic carbocycles. The first-order chi connectivity index (χ1) is 6.06. The van der Waals surface area contributed by atoms with E-state index in [9.17, 15) is 9.46 Å². The van der Waals surface area contributed by atoms with Gasteiger partial charge in [0.2, 0.25) is 0 Å². The van der Waals surface area contributed by atoms with Gasteiger partial charge in [-0.1, -0.05) is 19.4 Å². The summed E-state index contributed by atoms with van der Waals surface area (Å²) in [5.74, 6) is 0. The molecule has 2 atom stereocenters. The Hall–Kier alpha value is -0.110. The van der Waals surface area contributed by atoms with Gasteiger partial charge in [-0.3, -0.25) is 0 Å². The summed E-state index contributed by atoms with van der Waals surface area (Å²) in [6, 6.07) is -0.0427. The van der Waals surface area contributed by atoms with Crippen molar-refractivity contribution in [3.63, 3.8) is 0 Å². The highest BCUT2D eigenvalue weighted by molar-refractivity contribution is 7.61. The van der Waals surface area contributed by atoms with Crippen molar-refractivity contribution in [3.8, 4) is 0 Å². The van der Waals surface area contributed by atoms with Crippen molar-refractivity contribution < 1.29 is 9.46 Å². The highest BCUT2D eigenvalue weighted by atomic mass is 31.2. The van der Waals surface area contributed by atoms with Gasteiger partial charge >= 0.3 is 0 Å². The second-order valence-electron chi connectivity index (χ2n) is 3.61. The lowest BCUT2D eigenvalue weighted by atomic mass is 10.3. The molecule has 0 aromatic heterocycles. The van der Waals surface area contributed by atoms with Gasteiger partial charge in [0.1, 0.15) is 0 Å². The summed E-state index contributed by atoms with van der Waals surface area (Å²) in [6.07, 6.45) is 5.13. The molecule has 3 nitrogen and oxygen atoms in total. The van der Waals surface area contributed by atoms with Crippen LogP contribution in [-0.4, -0.2) is 12.2 Å². The lowest BCUT2D eigenvalue weighted by molar-refractivity contribution is -0.172. The van der Waals surface area contributed by atoms with Gasteiger partial charge in [-0.2, -0.15) is 0 Å². The third-order valence-electron chi connectivity index (χ3n) is 2.38. The van der Waals surface area contributed by atoms with Crippen LogP contribution in [0.15, 0.2) is 11.4 Å². The molecular weight excluding hydrogens is 185 g/mol. The summed E-state index contributed by atoms with van der Waals surface area (Å²) < 4.78 is 11.6. The minimum absolute atomic E-state index is 0.0427. The predicted molar refractivity (Wildman–Crippen MR) is 52.7 cm³/mol. The molecular formula is C9H17NO2P-. The zero-order valence-corrected chi connectivity index (χ0v) is 8.93. The van der Waals surface area contributed by atoms with Gasteiger partial charge in [0, 0.05) is 13.4 Å². The molecule has 0 aromatic rings. The number of hydrogen-bond acceptors (Lipinski definition) is 3. The molecule has 0 radical (unpaired) electrons. The molecule has 0 bridgehead atoms. The molecule has 0 amide bonds. The van der Waals surface area contributed by atoms with Crippen molar-refractivity contribution in [2.45, 2.75) is 38.6 Å². The molecule has 0 heterocycles. The maximum atomic E-state index is 11.6. The highest BCUT2D eigenvalue weighted by Crippen LogP contribution is 2.50. The Labute approximate surface area is 79.5 Å². The molecule has 0 saturated carbocycles. The fourth-order valence-electron chi connectivity index (χ4n) is 1.52. The van der Waals surface area contributed by atoms with Crippen molar-refractivity contribution in [2.75, 3.05) is 6.16 Å². The Bertz CT molecular complexity index is 250. The molecule has 0 aromatic carbocycles. The summed E-state index contributed by atoms with van der Waals surface area (Å²) >= 11 is 0. The van der Waals surface area contributed by atoms with E-state index in [1.165, 1.54) is 0 Å². The summed E-state index contributed by atoms with van der Waals surface area (Å²) in [4.78, 5) is 11.6. The number of allylic oxidation sites excluding steroid dienone is 1. The molecule has 0 aliphatic heterocycles. The van der Waals surface area contributed by atoms with Gasteiger partial charge in [-0.15, -0.1) is 0 Å². The molecule has 2 N–H and O–H groups in total. The Balaban J connectivity index is 2.59. The van der Waals surface area contributed by atoms with E-state index < -0.39 is 7.37 Å². The van der Waals surface area contributed by atoms with Crippen LogP contribution in [0.25, 0.3) is 0 Å². The van der Waals surface area contributed by atoms with Gasteiger partial charge in [0.25, 0.3) is 0 Å². The minimum atomic E-state index is -3.26. The number of rotatable bonds is 4. The maximum absolute atomic E-state index is 11.6. The van der Waals surface area contributed by atoms with Crippen molar-refractivity contribution in [2.24, 2.45) is 5.73 Å². The Morgan fingerprint density at radius 3 is 2.92 bits per heavy atom. The van der Waals surface area contributed by atoms with Crippen LogP contribution in [0.1, 0.15) is 32.6 Å². The van der Waals surface area contributed by atoms with E-state index in [1.54, 1.807) is 6.08 Å². The topological polar surface area (TPSA) is 66.1 Å². The van der Waals surface area contributed by atoms with Crippen LogP contribution in [0.3, 0.4) is 0 Å². The zero-order chi connectivity index (χ0) is 9.90. The molecule has 13 heavy (non-hydrogen) atoms. The van der Waals surface area contributed by atoms with Crippen LogP contribution in [0.2, 0.25) is 0 Å². The molecule has 0 saturated heterocycles. The van der Waals surface area contributed by atoms with Crippen LogP contribution in [0.5, 0.6) is 0 Å². The van der Waals surface area contributed by atoms with Gasteiger partial charge < -0.3 is 15.2 Å². The van der Waals surface area contributed by atoms with Crippen LogP contribution in [0, 0.1) is 0 Å². The fraction of sp³-hybridized carbons (Fsp3) is 0.778. The standard InChI is InChI=1S/C9H18NO2P/c1-2-3-6-13(11,12)9-5-4-8(10)7-9/h7-8H,2-6,10H2,1H3,(H,11,12)/p-1. The Kier molecular flexibility index (Phi) is 3.72. The number of unbranched alkanes of at least 4 members (excludes halogenated alkanes) is 1. The normalized spacial score (nSPS) is 27.0. The van der Waals surface area contributed by atoms with E-state index >= 15 is 0 Å². The summed E-state index contributed by atoms with van der Waals surface area (Å²) in [5, 5.41) is 0.591. The second kappa shape index (κ2) is 4.41. The van der Waals surface area contributed by atoms with Crippen molar-refractivity contribution in [3.05, 3.63) is 11.4 Å². The first-order valence-corrected chi connectivity index (χ1v) is 6.64. The first kappa shape index (κ1) is 11.0. The van der Waals surface area contributed by atoms with Crippen molar-refractivity contribution >= 4 is 7.37 Å². The minimum Gasteiger partial charge on any atom is -0.796 e. The lowest BCUT2D eigenvalue weighted by Gasteiger charge is -2.24. The van der Waals surface area contributed by atoms with E-state index in [0.717, 1.165) is 19.3 Å². The monoisotopic (exact) mass is 202 g/mol. The van der Waals surface area contributed by atoms with E-state index in [1.807, 2.05) is 6.92 Å². The van der Waals surface area contributed by atoms with Gasteiger partial charge in [-0.25, -0.2) is 0 Å². The van der Waals surface area contributed by atoms with Crippen LogP contribution in [-0.2, 0) is 4.57 Å². The summed E-state index contributed by atoms with van der Waals surface area (Å²) in [6.45, 7) is 1.99. The molecule has 1 aliphatic rings. The van der Waals surface area contributed by atoms with E-state index in [4.69, 9.17) is 5.73 Å². The molecule has 4 heteroatoms. The predicted octanol–water partition coefficient (Wildman–Crippen LogP) is 1.43. The van der Waals surface area contributed by atoms with Crippen molar-refractivity contribution in [1.82, 2.24) is 0 Å². The molecule has 1 rings (SSSR count). The zero-order valence-electron chi connectivity index (χ0n) is 8.03. The average molecular weight is 202 g/mol. The SMILES string of the molecule is CCCCP(=O)([O-])C1=CC(N)CC1. The fourth-order valence-corrected chi connectivity index (χ4v) is 3.43. The average Bonchev–Trinajstić information content (AvgIpc) is 2.49. The van der Waals surface area contributed by atoms with E-state index in [0.29, 0.717) is 17.9 Å². The van der Waals surface area contributed by atoms with Crippen molar-refractivity contribution in [1.29, 1.82) is 0 Å². The summed E-state index contributed by atoms with van der Waals surface area (Å²) in [7, 11) is -3.26. The Morgan fingerprint density at radius 2 is 2.46 bits per heavy atom. The number of nitrogens with two attached hydrogens (primary N) is 1. The highest BCUT2D eigenvalue weighted by Gasteiger charge is 2.20. The smallest absolute Gasteiger partial charge is 0.0391 e.